The third kappa shape index (κ3) is 5.85. The molecule has 0 bridgehead atoms. The molecule has 1 unspecified atom stereocenters. The number of nitro groups is 1. The summed E-state index contributed by atoms with van der Waals surface area (Å²) < 4.78 is 49.1. The molecule has 112 valence electrons. The van der Waals surface area contributed by atoms with E-state index in [2.05, 4.69) is 5.32 Å². The molecule has 0 heterocycles. The highest BCUT2D eigenvalue weighted by Crippen LogP contribution is 2.24. The van der Waals surface area contributed by atoms with Crippen molar-refractivity contribution in [2.45, 2.75) is 38.4 Å². The number of nitrogens with one attached hydrogen (secondary N) is 1. The molecule has 4 nitrogen and oxygen atoms in total. The van der Waals surface area contributed by atoms with Gasteiger partial charge >= 0.3 is 6.18 Å². The van der Waals surface area contributed by atoms with Crippen molar-refractivity contribution in [3.8, 4) is 0 Å². The van der Waals surface area contributed by atoms with E-state index in [0.717, 1.165) is 18.2 Å². The van der Waals surface area contributed by atoms with E-state index in [1.165, 1.54) is 0 Å². The van der Waals surface area contributed by atoms with Gasteiger partial charge in [0.1, 0.15) is 5.82 Å². The minimum atomic E-state index is -4.20. The smallest absolute Gasteiger partial charge is 0.382 e. The predicted octanol–water partition coefficient (Wildman–Crippen LogP) is 4.27. The van der Waals surface area contributed by atoms with E-state index >= 15 is 0 Å². The second-order valence-electron chi connectivity index (χ2n) is 4.51. The van der Waals surface area contributed by atoms with Crippen LogP contribution < -0.4 is 5.32 Å². The molecule has 0 saturated carbocycles. The lowest BCUT2D eigenvalue weighted by atomic mass is 10.1. The monoisotopic (exact) mass is 294 g/mol. The van der Waals surface area contributed by atoms with Crippen LogP contribution in [0.25, 0.3) is 0 Å². The van der Waals surface area contributed by atoms with Gasteiger partial charge in [0.05, 0.1) is 11.0 Å². The highest BCUT2D eigenvalue weighted by atomic mass is 19.4. The van der Waals surface area contributed by atoms with Gasteiger partial charge in [0.2, 0.25) is 0 Å². The van der Waals surface area contributed by atoms with Crippen LogP contribution in [0.5, 0.6) is 0 Å². The fraction of sp³-hybridized carbons (Fsp3) is 0.500. The van der Waals surface area contributed by atoms with Gasteiger partial charge in [0.25, 0.3) is 5.69 Å². The number of rotatable bonds is 6. The van der Waals surface area contributed by atoms with E-state index in [-0.39, 0.29) is 24.6 Å². The van der Waals surface area contributed by atoms with Gasteiger partial charge in [-0.15, -0.1) is 0 Å². The number of hydrogen-bond acceptors (Lipinski definition) is 3. The maximum Gasteiger partial charge on any atom is 0.389 e. The Labute approximate surface area is 112 Å². The van der Waals surface area contributed by atoms with Gasteiger partial charge in [-0.25, -0.2) is 4.39 Å². The Morgan fingerprint density at radius 2 is 2.00 bits per heavy atom. The summed E-state index contributed by atoms with van der Waals surface area (Å²) in [6.45, 7) is 1.63. The number of halogens is 4. The van der Waals surface area contributed by atoms with Crippen molar-refractivity contribution < 1.29 is 22.5 Å². The first kappa shape index (κ1) is 16.2. The zero-order valence-electron chi connectivity index (χ0n) is 10.7. The molecule has 1 rings (SSSR count). The lowest BCUT2D eigenvalue weighted by Crippen LogP contribution is -2.17. The largest absolute Gasteiger partial charge is 0.389 e. The maximum absolute atomic E-state index is 13.2. The van der Waals surface area contributed by atoms with E-state index in [9.17, 15) is 27.7 Å². The van der Waals surface area contributed by atoms with Crippen LogP contribution in [0.2, 0.25) is 0 Å². The summed E-state index contributed by atoms with van der Waals surface area (Å²) >= 11 is 0. The van der Waals surface area contributed by atoms with Gasteiger partial charge in [0.15, 0.2) is 0 Å². The molecule has 0 aromatic heterocycles. The topological polar surface area (TPSA) is 55.2 Å². The van der Waals surface area contributed by atoms with Crippen molar-refractivity contribution in [2.75, 3.05) is 5.32 Å². The molecule has 0 aliphatic carbocycles. The van der Waals surface area contributed by atoms with Crippen LogP contribution in [0.15, 0.2) is 18.2 Å². The molecule has 0 aliphatic heterocycles. The molecule has 1 N–H and O–H groups in total. The normalized spacial score (nSPS) is 13.1. The number of non-ortho nitro benzene ring substituents is 1. The van der Waals surface area contributed by atoms with Gasteiger partial charge in [-0.1, -0.05) is 0 Å². The van der Waals surface area contributed by atoms with Crippen LogP contribution in [0.3, 0.4) is 0 Å². The molecule has 1 aromatic carbocycles. The molecule has 0 amide bonds. The fourth-order valence-corrected chi connectivity index (χ4v) is 1.73. The molecule has 1 aromatic rings. The highest BCUT2D eigenvalue weighted by molar-refractivity contribution is 5.52. The van der Waals surface area contributed by atoms with Crippen molar-refractivity contribution in [3.63, 3.8) is 0 Å². The summed E-state index contributed by atoms with van der Waals surface area (Å²) in [5.41, 5.74) is -0.230. The summed E-state index contributed by atoms with van der Waals surface area (Å²) in [7, 11) is 0. The lowest BCUT2D eigenvalue weighted by molar-refractivity contribution is -0.385. The zero-order valence-corrected chi connectivity index (χ0v) is 10.7. The minimum absolute atomic E-state index is 0.0604. The molecular formula is C12H14F4N2O2. The average molecular weight is 294 g/mol. The van der Waals surface area contributed by atoms with Crippen LogP contribution in [0, 0.1) is 15.9 Å². The Kier molecular flexibility index (Phi) is 5.29. The summed E-state index contributed by atoms with van der Waals surface area (Å²) in [5, 5.41) is 13.3. The minimum Gasteiger partial charge on any atom is -0.382 e. The van der Waals surface area contributed by atoms with Crippen molar-refractivity contribution in [1.29, 1.82) is 0 Å². The van der Waals surface area contributed by atoms with Crippen LogP contribution in [-0.4, -0.2) is 17.1 Å². The molecule has 20 heavy (non-hydrogen) atoms. The highest BCUT2D eigenvalue weighted by Gasteiger charge is 2.26. The SMILES string of the molecule is CC(CCCC(F)(F)F)Nc1cc(F)cc([N+](=O)[O-])c1. The Bertz CT molecular complexity index is 477. The lowest BCUT2D eigenvalue weighted by Gasteiger charge is -2.15. The second kappa shape index (κ2) is 6.53. The summed E-state index contributed by atoms with van der Waals surface area (Å²) in [6.07, 6.45) is -4.92. The Morgan fingerprint density at radius 1 is 1.35 bits per heavy atom. The zero-order chi connectivity index (χ0) is 15.3. The van der Waals surface area contributed by atoms with E-state index in [1.807, 2.05) is 0 Å². The van der Waals surface area contributed by atoms with Gasteiger partial charge < -0.3 is 5.32 Å². The third-order valence-electron chi connectivity index (χ3n) is 2.60. The molecule has 8 heteroatoms. The van der Waals surface area contributed by atoms with Crippen molar-refractivity contribution in [2.24, 2.45) is 0 Å². The third-order valence-corrected chi connectivity index (χ3v) is 2.60. The molecule has 0 aliphatic rings. The van der Waals surface area contributed by atoms with Crippen LogP contribution >= 0.6 is 0 Å². The molecule has 0 saturated heterocycles. The number of benzene rings is 1. The van der Waals surface area contributed by atoms with Gasteiger partial charge in [-0.05, 0) is 25.8 Å². The Balaban J connectivity index is 2.57. The van der Waals surface area contributed by atoms with Gasteiger partial charge in [-0.2, -0.15) is 13.2 Å². The summed E-state index contributed by atoms with van der Waals surface area (Å²) in [5.74, 6) is -0.774. The van der Waals surface area contributed by atoms with E-state index < -0.39 is 29.0 Å². The average Bonchev–Trinajstić information content (AvgIpc) is 2.25. The fourth-order valence-electron chi connectivity index (χ4n) is 1.73. The number of hydrogen-bond donors (Lipinski definition) is 1. The Morgan fingerprint density at radius 3 is 2.55 bits per heavy atom. The van der Waals surface area contributed by atoms with Crippen molar-refractivity contribution >= 4 is 11.4 Å². The number of nitrogens with zero attached hydrogens (tertiary/aromatic N) is 1. The second-order valence-corrected chi connectivity index (χ2v) is 4.51. The molecule has 0 radical (unpaired) electrons. The first-order chi connectivity index (χ1) is 9.17. The van der Waals surface area contributed by atoms with Crippen LogP contribution in [0.4, 0.5) is 28.9 Å². The van der Waals surface area contributed by atoms with E-state index in [1.54, 1.807) is 6.92 Å². The first-order valence-corrected chi connectivity index (χ1v) is 5.95. The Hall–Kier alpha value is -1.86. The van der Waals surface area contributed by atoms with Gasteiger partial charge in [-0.3, -0.25) is 10.1 Å². The van der Waals surface area contributed by atoms with Gasteiger partial charge in [0, 0.05) is 24.2 Å². The predicted molar refractivity (Wildman–Crippen MR) is 66.0 cm³/mol. The molecule has 0 fully saturated rings. The van der Waals surface area contributed by atoms with Crippen LogP contribution in [0.1, 0.15) is 26.2 Å². The van der Waals surface area contributed by atoms with Crippen LogP contribution in [-0.2, 0) is 0 Å². The van der Waals surface area contributed by atoms with E-state index in [0.29, 0.717) is 0 Å². The summed E-state index contributed by atoms with van der Waals surface area (Å²) in [4.78, 5) is 9.83. The number of anilines is 1. The number of nitro benzene ring substituents is 1. The van der Waals surface area contributed by atoms with Crippen molar-refractivity contribution in [3.05, 3.63) is 34.1 Å². The van der Waals surface area contributed by atoms with Crippen molar-refractivity contribution in [1.82, 2.24) is 0 Å². The molecular weight excluding hydrogens is 280 g/mol. The quantitative estimate of drug-likeness (QED) is 0.484. The standard InChI is InChI=1S/C12H14F4N2O2/c1-8(3-2-4-12(14,15)16)17-10-5-9(13)6-11(7-10)18(19)20/h5-8,17H,2-4H2,1H3. The maximum atomic E-state index is 13.2. The number of alkyl halides is 3. The van der Waals surface area contributed by atoms with E-state index in [4.69, 9.17) is 0 Å². The summed E-state index contributed by atoms with van der Waals surface area (Å²) in [6, 6.07) is 2.63. The molecule has 0 spiro atoms. The molecule has 1 atom stereocenters. The first-order valence-electron chi connectivity index (χ1n) is 5.95.